The van der Waals surface area contributed by atoms with Crippen molar-refractivity contribution in [1.29, 1.82) is 0 Å². The minimum atomic E-state index is -0.444. The molecule has 0 radical (unpaired) electrons. The van der Waals surface area contributed by atoms with Gasteiger partial charge in [-0.2, -0.15) is 0 Å². The van der Waals surface area contributed by atoms with Gasteiger partial charge in [-0.25, -0.2) is 0 Å². The van der Waals surface area contributed by atoms with Crippen molar-refractivity contribution in [2.45, 2.75) is 5.41 Å². The molecule has 1 unspecified atom stereocenters. The second-order valence-corrected chi connectivity index (χ2v) is 11.4. The molecule has 0 saturated heterocycles. The highest BCUT2D eigenvalue weighted by atomic mass is 16.3. The van der Waals surface area contributed by atoms with Gasteiger partial charge < -0.3 is 9.32 Å². The molecule has 1 heterocycles. The first-order valence-corrected chi connectivity index (χ1v) is 14.2. The molecule has 0 bridgehead atoms. The first-order valence-electron chi connectivity index (χ1n) is 14.2. The average Bonchev–Trinajstić information content (AvgIpc) is 3.65. The van der Waals surface area contributed by atoms with E-state index in [2.05, 4.69) is 146 Å². The molecule has 0 aliphatic heterocycles. The van der Waals surface area contributed by atoms with E-state index in [0.29, 0.717) is 0 Å². The Labute approximate surface area is 239 Å². The van der Waals surface area contributed by atoms with Crippen LogP contribution in [0.1, 0.15) is 22.3 Å². The van der Waals surface area contributed by atoms with Crippen molar-refractivity contribution >= 4 is 27.6 Å². The van der Waals surface area contributed by atoms with E-state index in [0.717, 1.165) is 11.2 Å². The molecule has 0 saturated carbocycles. The highest BCUT2D eigenvalue weighted by Crippen LogP contribution is 2.65. The van der Waals surface area contributed by atoms with E-state index in [1.807, 2.05) is 0 Å². The van der Waals surface area contributed by atoms with Crippen LogP contribution in [0.5, 0.6) is 0 Å². The summed E-state index contributed by atoms with van der Waals surface area (Å²) in [4.78, 5) is 2.22. The first kappa shape index (κ1) is 22.7. The molecule has 41 heavy (non-hydrogen) atoms. The van der Waals surface area contributed by atoms with E-state index >= 15 is 0 Å². The molecule has 2 nitrogen and oxygen atoms in total. The first-order chi connectivity index (χ1) is 20.2. The Kier molecular flexibility index (Phi) is 4.42. The third-order valence-corrected chi connectivity index (χ3v) is 9.28. The van der Waals surface area contributed by atoms with E-state index in [-0.39, 0.29) is 0 Å². The van der Waals surface area contributed by atoms with Crippen LogP contribution >= 0.6 is 0 Å². The van der Waals surface area contributed by atoms with Crippen LogP contribution < -0.4 is 4.90 Å². The lowest BCUT2D eigenvalue weighted by molar-refractivity contribution is 0.668. The van der Waals surface area contributed by atoms with Gasteiger partial charge in [0.15, 0.2) is 0 Å². The second kappa shape index (κ2) is 7.99. The maximum atomic E-state index is 6.41. The van der Waals surface area contributed by atoms with Gasteiger partial charge in [-0.05, 0) is 68.3 Å². The number of fused-ring (bicyclic) bond motifs is 14. The highest BCUT2D eigenvalue weighted by Gasteiger charge is 2.53. The van der Waals surface area contributed by atoms with Crippen LogP contribution in [0.4, 0.5) is 5.69 Å². The van der Waals surface area contributed by atoms with Gasteiger partial charge in [-0.1, -0.05) is 109 Å². The van der Waals surface area contributed by atoms with Gasteiger partial charge in [-0.15, -0.1) is 0 Å². The number of nitrogens with zero attached hydrogens (tertiary/aromatic N) is 1. The Hall–Kier alpha value is -5.08. The SMILES string of the molecule is CN(C)c1ccccc1-c1cccc2c1C1(c3ccccc3-2)c2ccccc2-c2c1ccc1oc3ccccc3c21. The van der Waals surface area contributed by atoms with Crippen molar-refractivity contribution in [3.8, 4) is 33.4 Å². The van der Waals surface area contributed by atoms with Gasteiger partial charge >= 0.3 is 0 Å². The number of furan rings is 1. The van der Waals surface area contributed by atoms with E-state index in [4.69, 9.17) is 4.42 Å². The Balaban J connectivity index is 1.51. The summed E-state index contributed by atoms with van der Waals surface area (Å²) in [5.74, 6) is 0. The van der Waals surface area contributed by atoms with E-state index in [1.165, 1.54) is 72.1 Å². The van der Waals surface area contributed by atoms with Crippen molar-refractivity contribution in [1.82, 2.24) is 0 Å². The van der Waals surface area contributed by atoms with Crippen molar-refractivity contribution in [2.24, 2.45) is 0 Å². The van der Waals surface area contributed by atoms with Gasteiger partial charge in [0.1, 0.15) is 11.2 Å². The minimum Gasteiger partial charge on any atom is -0.456 e. The van der Waals surface area contributed by atoms with Gasteiger partial charge in [0, 0.05) is 36.1 Å². The summed E-state index contributed by atoms with van der Waals surface area (Å²) in [6, 6.07) is 46.7. The maximum absolute atomic E-state index is 6.41. The Bertz CT molecular complexity index is 2200. The zero-order chi connectivity index (χ0) is 27.3. The summed E-state index contributed by atoms with van der Waals surface area (Å²) in [6.45, 7) is 0. The minimum absolute atomic E-state index is 0.444. The lowest BCUT2D eigenvalue weighted by Gasteiger charge is -2.33. The summed E-state index contributed by atoms with van der Waals surface area (Å²) in [5, 5.41) is 2.38. The molecule has 194 valence electrons. The molecular formula is C39H27NO. The summed E-state index contributed by atoms with van der Waals surface area (Å²) >= 11 is 0. The molecule has 2 aliphatic carbocycles. The summed E-state index contributed by atoms with van der Waals surface area (Å²) < 4.78 is 6.41. The molecule has 2 aliphatic rings. The summed E-state index contributed by atoms with van der Waals surface area (Å²) in [7, 11) is 4.26. The van der Waals surface area contributed by atoms with E-state index in [1.54, 1.807) is 0 Å². The molecule has 0 N–H and O–H groups in total. The summed E-state index contributed by atoms with van der Waals surface area (Å²) in [5.41, 5.74) is 15.8. The molecule has 1 aromatic heterocycles. The maximum Gasteiger partial charge on any atom is 0.136 e. The van der Waals surface area contributed by atoms with Crippen LogP contribution in [-0.2, 0) is 5.41 Å². The second-order valence-electron chi connectivity index (χ2n) is 11.4. The van der Waals surface area contributed by atoms with Crippen LogP contribution in [0, 0.1) is 0 Å². The number of hydrogen-bond donors (Lipinski definition) is 0. The number of anilines is 1. The van der Waals surface area contributed by atoms with Crippen molar-refractivity contribution in [3.63, 3.8) is 0 Å². The van der Waals surface area contributed by atoms with E-state index in [9.17, 15) is 0 Å². The number of para-hydroxylation sites is 2. The number of rotatable bonds is 2. The molecule has 7 aromatic rings. The molecule has 2 heteroatoms. The molecule has 9 rings (SSSR count). The number of hydrogen-bond acceptors (Lipinski definition) is 2. The van der Waals surface area contributed by atoms with E-state index < -0.39 is 5.41 Å². The fourth-order valence-corrected chi connectivity index (χ4v) is 7.82. The van der Waals surface area contributed by atoms with Crippen LogP contribution in [-0.4, -0.2) is 14.1 Å². The molecule has 0 fully saturated rings. The van der Waals surface area contributed by atoms with Gasteiger partial charge in [-0.3, -0.25) is 0 Å². The van der Waals surface area contributed by atoms with Crippen molar-refractivity contribution < 1.29 is 4.42 Å². The van der Waals surface area contributed by atoms with Crippen molar-refractivity contribution in [3.05, 3.63) is 150 Å². The molecule has 1 atom stereocenters. The van der Waals surface area contributed by atoms with Crippen LogP contribution in [0.15, 0.2) is 132 Å². The predicted molar refractivity (Wildman–Crippen MR) is 170 cm³/mol. The van der Waals surface area contributed by atoms with Crippen LogP contribution in [0.2, 0.25) is 0 Å². The number of benzene rings is 6. The monoisotopic (exact) mass is 525 g/mol. The lowest BCUT2D eigenvalue weighted by atomic mass is 9.68. The fraction of sp³-hybridized carbons (Fsp3) is 0.0769. The third-order valence-electron chi connectivity index (χ3n) is 9.28. The lowest BCUT2D eigenvalue weighted by Crippen LogP contribution is -2.26. The van der Waals surface area contributed by atoms with Crippen LogP contribution in [0.3, 0.4) is 0 Å². The van der Waals surface area contributed by atoms with Crippen LogP contribution in [0.25, 0.3) is 55.3 Å². The Morgan fingerprint density at radius 3 is 1.90 bits per heavy atom. The zero-order valence-electron chi connectivity index (χ0n) is 23.0. The third kappa shape index (κ3) is 2.72. The predicted octanol–water partition coefficient (Wildman–Crippen LogP) is 9.66. The molecular weight excluding hydrogens is 498 g/mol. The van der Waals surface area contributed by atoms with Gasteiger partial charge in [0.05, 0.1) is 5.41 Å². The normalized spacial score (nSPS) is 16.1. The quantitative estimate of drug-likeness (QED) is 0.223. The fourth-order valence-electron chi connectivity index (χ4n) is 7.82. The van der Waals surface area contributed by atoms with Crippen molar-refractivity contribution in [2.75, 3.05) is 19.0 Å². The molecule has 1 spiro atoms. The standard InChI is InChI=1S/C39H27NO/c1-40(2)33-20-9-5-13-25(33)27-17-11-16-26-24-12-3-7-18-30(24)39(38(26)27)31-19-8-4-14-28(31)36-32(39)22-23-35-37(36)29-15-6-10-21-34(29)41-35/h3-23H,1-2H3. The summed E-state index contributed by atoms with van der Waals surface area (Å²) in [6.07, 6.45) is 0. The average molecular weight is 526 g/mol. The van der Waals surface area contributed by atoms with Gasteiger partial charge in [0.25, 0.3) is 0 Å². The Morgan fingerprint density at radius 2 is 1.10 bits per heavy atom. The zero-order valence-corrected chi connectivity index (χ0v) is 23.0. The molecule has 0 amide bonds. The smallest absolute Gasteiger partial charge is 0.136 e. The topological polar surface area (TPSA) is 16.4 Å². The largest absolute Gasteiger partial charge is 0.456 e. The highest BCUT2D eigenvalue weighted by molar-refractivity contribution is 6.16. The Morgan fingerprint density at radius 1 is 0.488 bits per heavy atom. The molecule has 6 aromatic carbocycles. The van der Waals surface area contributed by atoms with Gasteiger partial charge in [0.2, 0.25) is 0 Å².